The van der Waals surface area contributed by atoms with Crippen molar-refractivity contribution >= 4 is 23.4 Å². The molecule has 1 aromatic carbocycles. The molecule has 1 N–H and O–H groups in total. The predicted molar refractivity (Wildman–Crippen MR) is 93.7 cm³/mol. The number of furan rings is 1. The zero-order valence-electron chi connectivity index (χ0n) is 14.0. The summed E-state index contributed by atoms with van der Waals surface area (Å²) in [5.74, 6) is 1.18. The van der Waals surface area contributed by atoms with Crippen molar-refractivity contribution in [3.05, 3.63) is 42.2 Å². The Morgan fingerprint density at radius 3 is 2.88 bits per heavy atom. The molecule has 130 valence electrons. The molecule has 0 fully saturated rings. The summed E-state index contributed by atoms with van der Waals surface area (Å²) in [5, 5.41) is 10.6. The third kappa shape index (κ3) is 4.03. The number of aryl methyl sites for hydroxylation is 1. The highest BCUT2D eigenvalue weighted by Gasteiger charge is 2.20. The second-order valence-corrected chi connectivity index (χ2v) is 6.60. The van der Waals surface area contributed by atoms with Gasteiger partial charge in [0.2, 0.25) is 5.91 Å². The Balaban J connectivity index is 1.66. The maximum absolute atomic E-state index is 12.4. The second-order valence-electron chi connectivity index (χ2n) is 5.30. The monoisotopic (exact) mass is 359 g/mol. The van der Waals surface area contributed by atoms with Gasteiger partial charge >= 0.3 is 0 Å². The summed E-state index contributed by atoms with van der Waals surface area (Å²) in [6.45, 7) is 3.71. The lowest BCUT2D eigenvalue weighted by molar-refractivity contribution is -0.115. The number of benzene rings is 1. The number of ether oxygens (including phenoxy) is 1. The van der Waals surface area contributed by atoms with Crippen molar-refractivity contribution in [2.75, 3.05) is 12.4 Å². The second kappa shape index (κ2) is 7.43. The molecule has 8 heteroatoms. The molecular weight excluding hydrogens is 342 g/mol. The summed E-state index contributed by atoms with van der Waals surface area (Å²) in [7, 11) is 1.56. The van der Waals surface area contributed by atoms with Gasteiger partial charge in [-0.2, -0.15) is 0 Å². The van der Waals surface area contributed by atoms with E-state index in [2.05, 4.69) is 15.5 Å². The molecule has 2 aromatic heterocycles. The van der Waals surface area contributed by atoms with Crippen molar-refractivity contribution < 1.29 is 18.4 Å². The summed E-state index contributed by atoms with van der Waals surface area (Å²) in [6.07, 6.45) is 1.53. The van der Waals surface area contributed by atoms with Crippen molar-refractivity contribution in [2.24, 2.45) is 0 Å². The van der Waals surface area contributed by atoms with Crippen molar-refractivity contribution in [3.63, 3.8) is 0 Å². The number of methoxy groups -OCH3 is 1. The van der Waals surface area contributed by atoms with Crippen LogP contribution in [0, 0.1) is 6.92 Å². The lowest BCUT2D eigenvalue weighted by Gasteiger charge is -2.13. The zero-order valence-corrected chi connectivity index (χ0v) is 14.8. The van der Waals surface area contributed by atoms with Crippen LogP contribution >= 0.6 is 11.8 Å². The Hall–Kier alpha value is -2.74. The van der Waals surface area contributed by atoms with Gasteiger partial charge in [0.05, 0.1) is 24.3 Å². The van der Waals surface area contributed by atoms with Crippen molar-refractivity contribution in [3.8, 4) is 17.4 Å². The van der Waals surface area contributed by atoms with Gasteiger partial charge < -0.3 is 18.9 Å². The van der Waals surface area contributed by atoms with Crippen LogP contribution in [0.15, 0.2) is 50.7 Å². The maximum Gasteiger partial charge on any atom is 0.284 e. The Bertz CT molecular complexity index is 861. The average Bonchev–Trinajstić information content (AvgIpc) is 3.26. The minimum Gasteiger partial charge on any atom is -0.495 e. The van der Waals surface area contributed by atoms with Crippen LogP contribution in [0.2, 0.25) is 0 Å². The predicted octanol–water partition coefficient (Wildman–Crippen LogP) is 3.77. The number of nitrogens with zero attached hydrogens (tertiary/aromatic N) is 2. The molecule has 25 heavy (non-hydrogen) atoms. The van der Waals surface area contributed by atoms with E-state index in [-0.39, 0.29) is 11.8 Å². The zero-order chi connectivity index (χ0) is 17.8. The first kappa shape index (κ1) is 17.1. The maximum atomic E-state index is 12.4. The molecule has 1 amide bonds. The van der Waals surface area contributed by atoms with E-state index in [9.17, 15) is 4.79 Å². The molecule has 0 spiro atoms. The SMILES string of the molecule is COc1ccc(C)cc1NC(=O)[C@H](C)Sc1nnc(-c2ccco2)o1. The Morgan fingerprint density at radius 1 is 1.32 bits per heavy atom. The van der Waals surface area contributed by atoms with E-state index < -0.39 is 5.25 Å². The normalized spacial score (nSPS) is 12.0. The molecule has 0 saturated heterocycles. The summed E-state index contributed by atoms with van der Waals surface area (Å²) in [6, 6.07) is 9.05. The lowest BCUT2D eigenvalue weighted by atomic mass is 10.2. The van der Waals surface area contributed by atoms with E-state index >= 15 is 0 Å². The van der Waals surface area contributed by atoms with Crippen molar-refractivity contribution in [1.82, 2.24) is 10.2 Å². The molecule has 0 saturated carbocycles. The highest BCUT2D eigenvalue weighted by Crippen LogP contribution is 2.29. The third-order valence-electron chi connectivity index (χ3n) is 3.40. The number of anilines is 1. The molecule has 0 bridgehead atoms. The Morgan fingerprint density at radius 2 is 2.16 bits per heavy atom. The minimum absolute atomic E-state index is 0.188. The van der Waals surface area contributed by atoms with E-state index in [1.807, 2.05) is 25.1 Å². The summed E-state index contributed by atoms with van der Waals surface area (Å²) >= 11 is 1.17. The fourth-order valence-electron chi connectivity index (χ4n) is 2.12. The van der Waals surface area contributed by atoms with Gasteiger partial charge in [-0.25, -0.2) is 0 Å². The average molecular weight is 359 g/mol. The van der Waals surface area contributed by atoms with Crippen molar-refractivity contribution in [2.45, 2.75) is 24.3 Å². The molecule has 7 nitrogen and oxygen atoms in total. The van der Waals surface area contributed by atoms with Crippen LogP contribution in [0.4, 0.5) is 5.69 Å². The largest absolute Gasteiger partial charge is 0.495 e. The topological polar surface area (TPSA) is 90.4 Å². The molecule has 0 aliphatic rings. The number of thioether (sulfide) groups is 1. The number of carbonyl (C=O) groups is 1. The number of amides is 1. The highest BCUT2D eigenvalue weighted by atomic mass is 32.2. The van der Waals surface area contributed by atoms with Crippen LogP contribution < -0.4 is 10.1 Å². The van der Waals surface area contributed by atoms with Gasteiger partial charge in [0, 0.05) is 0 Å². The molecule has 0 aliphatic carbocycles. The summed E-state index contributed by atoms with van der Waals surface area (Å²) in [4.78, 5) is 12.4. The van der Waals surface area contributed by atoms with E-state index in [0.717, 1.165) is 5.56 Å². The van der Waals surface area contributed by atoms with Crippen LogP contribution in [0.3, 0.4) is 0 Å². The fraction of sp³-hybridized carbons (Fsp3) is 0.235. The number of carbonyl (C=O) groups excluding carboxylic acids is 1. The standard InChI is InChI=1S/C17H17N3O4S/c1-10-6-7-13(22-3)12(9-10)18-15(21)11(2)25-17-20-19-16(24-17)14-5-4-8-23-14/h4-9,11H,1-3H3,(H,18,21)/t11-/m0/s1. The van der Waals surface area contributed by atoms with Gasteiger partial charge in [0.25, 0.3) is 11.1 Å². The van der Waals surface area contributed by atoms with Crippen LogP contribution in [-0.4, -0.2) is 28.5 Å². The van der Waals surface area contributed by atoms with Gasteiger partial charge in [-0.05, 0) is 43.7 Å². The molecule has 3 aromatic rings. The number of hydrogen-bond donors (Lipinski definition) is 1. The summed E-state index contributed by atoms with van der Waals surface area (Å²) in [5.41, 5.74) is 1.65. The van der Waals surface area contributed by atoms with Gasteiger partial charge in [-0.3, -0.25) is 4.79 Å². The number of rotatable bonds is 6. The van der Waals surface area contributed by atoms with E-state index in [1.165, 1.54) is 18.0 Å². The Labute approximate surface area is 148 Å². The highest BCUT2D eigenvalue weighted by molar-refractivity contribution is 8.00. The lowest BCUT2D eigenvalue weighted by Crippen LogP contribution is -2.22. The van der Waals surface area contributed by atoms with Gasteiger partial charge in [0.15, 0.2) is 5.76 Å². The molecule has 1 atom stereocenters. The first-order chi connectivity index (χ1) is 12.1. The van der Waals surface area contributed by atoms with E-state index in [0.29, 0.717) is 22.4 Å². The fourth-order valence-corrected chi connectivity index (χ4v) is 2.80. The van der Waals surface area contributed by atoms with E-state index in [1.54, 1.807) is 26.2 Å². The van der Waals surface area contributed by atoms with Crippen LogP contribution in [-0.2, 0) is 4.79 Å². The van der Waals surface area contributed by atoms with Gasteiger partial charge in [-0.15, -0.1) is 10.2 Å². The van der Waals surface area contributed by atoms with Crippen LogP contribution in [0.1, 0.15) is 12.5 Å². The number of aromatic nitrogens is 2. The molecule has 0 radical (unpaired) electrons. The quantitative estimate of drug-likeness (QED) is 0.670. The molecule has 0 unspecified atom stereocenters. The molecular formula is C17H17N3O4S. The first-order valence-corrected chi connectivity index (χ1v) is 8.44. The van der Waals surface area contributed by atoms with Crippen molar-refractivity contribution in [1.29, 1.82) is 0 Å². The molecule has 3 rings (SSSR count). The first-order valence-electron chi connectivity index (χ1n) is 7.56. The number of nitrogens with one attached hydrogen (secondary N) is 1. The summed E-state index contributed by atoms with van der Waals surface area (Å²) < 4.78 is 16.0. The van der Waals surface area contributed by atoms with Gasteiger partial charge in [0.1, 0.15) is 5.75 Å². The molecule has 2 heterocycles. The number of hydrogen-bond acceptors (Lipinski definition) is 7. The van der Waals surface area contributed by atoms with E-state index in [4.69, 9.17) is 13.6 Å². The Kier molecular flexibility index (Phi) is 5.08. The minimum atomic E-state index is -0.435. The van der Waals surface area contributed by atoms with Gasteiger partial charge in [-0.1, -0.05) is 17.8 Å². The third-order valence-corrected chi connectivity index (χ3v) is 4.33. The molecule has 0 aliphatic heterocycles. The smallest absolute Gasteiger partial charge is 0.284 e. The van der Waals surface area contributed by atoms with Crippen LogP contribution in [0.5, 0.6) is 5.75 Å². The van der Waals surface area contributed by atoms with Crippen LogP contribution in [0.25, 0.3) is 11.7 Å².